The summed E-state index contributed by atoms with van der Waals surface area (Å²) in [6, 6.07) is 1.97. The second-order valence-corrected chi connectivity index (χ2v) is 4.89. The Morgan fingerprint density at radius 3 is 2.75 bits per heavy atom. The molecule has 1 heterocycles. The highest BCUT2D eigenvalue weighted by Crippen LogP contribution is 2.42. The van der Waals surface area contributed by atoms with Crippen molar-refractivity contribution in [3.05, 3.63) is 27.8 Å². The van der Waals surface area contributed by atoms with E-state index < -0.39 is 0 Å². The first kappa shape index (κ1) is 11.7. The zero-order valence-corrected chi connectivity index (χ0v) is 10.8. The summed E-state index contributed by atoms with van der Waals surface area (Å²) in [6.07, 6.45) is 2.18. The van der Waals surface area contributed by atoms with Crippen LogP contribution in [0.3, 0.4) is 0 Å². The van der Waals surface area contributed by atoms with Crippen LogP contribution in [0.25, 0.3) is 0 Å². The van der Waals surface area contributed by atoms with Crippen molar-refractivity contribution in [2.24, 2.45) is 5.73 Å². The molecule has 2 nitrogen and oxygen atoms in total. The molecule has 1 aromatic rings. The van der Waals surface area contributed by atoms with Crippen LogP contribution < -0.4 is 10.5 Å². The Kier molecular flexibility index (Phi) is 3.13. The number of aryl methyl sites for hydroxylation is 1. The second-order valence-electron chi connectivity index (χ2n) is 4.52. The van der Waals surface area contributed by atoms with Gasteiger partial charge in [-0.2, -0.15) is 0 Å². The van der Waals surface area contributed by atoms with E-state index in [1.165, 1.54) is 0 Å². The Balaban J connectivity index is 2.44. The van der Waals surface area contributed by atoms with Gasteiger partial charge in [0.15, 0.2) is 0 Å². The summed E-state index contributed by atoms with van der Waals surface area (Å²) in [5, 5.41) is 0.815. The van der Waals surface area contributed by atoms with E-state index in [4.69, 9.17) is 22.1 Å². The highest BCUT2D eigenvalue weighted by atomic mass is 35.5. The van der Waals surface area contributed by atoms with Gasteiger partial charge in [-0.05, 0) is 37.5 Å². The Morgan fingerprint density at radius 1 is 1.44 bits per heavy atom. The molecule has 2 unspecified atom stereocenters. The summed E-state index contributed by atoms with van der Waals surface area (Å²) in [5.41, 5.74) is 9.43. The summed E-state index contributed by atoms with van der Waals surface area (Å²) in [4.78, 5) is 0. The molecule has 0 aromatic heterocycles. The van der Waals surface area contributed by atoms with Crippen LogP contribution in [-0.4, -0.2) is 6.10 Å². The van der Waals surface area contributed by atoms with Crippen LogP contribution in [0.2, 0.25) is 5.02 Å². The fourth-order valence-corrected chi connectivity index (χ4v) is 2.55. The Hall–Kier alpha value is -0.730. The van der Waals surface area contributed by atoms with Crippen molar-refractivity contribution in [2.45, 2.75) is 45.8 Å². The summed E-state index contributed by atoms with van der Waals surface area (Å²) >= 11 is 6.24. The van der Waals surface area contributed by atoms with Crippen LogP contribution in [0.4, 0.5) is 0 Å². The maximum Gasteiger partial charge on any atom is 0.125 e. The maximum atomic E-state index is 6.24. The number of hydrogen-bond acceptors (Lipinski definition) is 2. The fourth-order valence-electron chi connectivity index (χ4n) is 2.39. The molecule has 0 aliphatic carbocycles. The molecule has 88 valence electrons. The summed E-state index contributed by atoms with van der Waals surface area (Å²) in [6.45, 7) is 6.16. The third-order valence-electron chi connectivity index (χ3n) is 3.28. The SMILES string of the molecule is CCCC1Oc2cc(C)c(Cl)c(C)c2C1N. The Morgan fingerprint density at radius 2 is 2.12 bits per heavy atom. The Bertz CT molecular complexity index is 417. The topological polar surface area (TPSA) is 35.2 Å². The van der Waals surface area contributed by atoms with Gasteiger partial charge in [0.2, 0.25) is 0 Å². The smallest absolute Gasteiger partial charge is 0.125 e. The lowest BCUT2D eigenvalue weighted by Crippen LogP contribution is -2.25. The summed E-state index contributed by atoms with van der Waals surface area (Å²) < 4.78 is 5.89. The van der Waals surface area contributed by atoms with Crippen LogP contribution >= 0.6 is 11.6 Å². The molecule has 1 aliphatic rings. The van der Waals surface area contributed by atoms with Gasteiger partial charge in [-0.25, -0.2) is 0 Å². The van der Waals surface area contributed by atoms with Gasteiger partial charge in [0, 0.05) is 10.6 Å². The third kappa shape index (κ3) is 1.70. The fraction of sp³-hybridized carbons (Fsp3) is 0.538. The van der Waals surface area contributed by atoms with Crippen LogP contribution in [0, 0.1) is 13.8 Å². The minimum Gasteiger partial charge on any atom is -0.488 e. The average Bonchev–Trinajstić information content (AvgIpc) is 2.53. The van der Waals surface area contributed by atoms with E-state index >= 15 is 0 Å². The van der Waals surface area contributed by atoms with Gasteiger partial charge in [0.25, 0.3) is 0 Å². The van der Waals surface area contributed by atoms with Gasteiger partial charge in [-0.1, -0.05) is 24.9 Å². The predicted molar refractivity (Wildman–Crippen MR) is 67.2 cm³/mol. The normalized spacial score (nSPS) is 23.1. The van der Waals surface area contributed by atoms with Crippen molar-refractivity contribution in [1.29, 1.82) is 0 Å². The van der Waals surface area contributed by atoms with Crippen molar-refractivity contribution in [3.63, 3.8) is 0 Å². The number of fused-ring (bicyclic) bond motifs is 1. The van der Waals surface area contributed by atoms with E-state index in [0.717, 1.165) is 40.3 Å². The number of ether oxygens (including phenoxy) is 1. The van der Waals surface area contributed by atoms with Gasteiger partial charge < -0.3 is 10.5 Å². The second kappa shape index (κ2) is 4.27. The highest BCUT2D eigenvalue weighted by Gasteiger charge is 2.33. The molecular formula is C13H18ClNO. The van der Waals surface area contributed by atoms with E-state index in [1.807, 2.05) is 19.9 Å². The largest absolute Gasteiger partial charge is 0.488 e. The van der Waals surface area contributed by atoms with E-state index in [1.54, 1.807) is 0 Å². The molecule has 0 bridgehead atoms. The molecule has 1 aromatic carbocycles. The number of rotatable bonds is 2. The van der Waals surface area contributed by atoms with Gasteiger partial charge in [0.1, 0.15) is 11.9 Å². The molecule has 0 saturated carbocycles. The molecule has 1 aliphatic heterocycles. The third-order valence-corrected chi connectivity index (χ3v) is 3.86. The molecule has 0 spiro atoms. The molecule has 0 saturated heterocycles. The zero-order valence-electron chi connectivity index (χ0n) is 10.0. The quantitative estimate of drug-likeness (QED) is 0.857. The standard InChI is InChI=1S/C13H18ClNO/c1-4-5-9-13(15)11-8(3)12(14)7(2)6-10(11)16-9/h6,9,13H,4-5,15H2,1-3H3. The van der Waals surface area contributed by atoms with Gasteiger partial charge in [-0.3, -0.25) is 0 Å². The maximum absolute atomic E-state index is 6.24. The number of nitrogens with two attached hydrogens (primary N) is 1. The minimum absolute atomic E-state index is 0.0342. The summed E-state index contributed by atoms with van der Waals surface area (Å²) in [5.74, 6) is 0.922. The van der Waals surface area contributed by atoms with Gasteiger partial charge in [0.05, 0.1) is 6.04 Å². The lowest BCUT2D eigenvalue weighted by molar-refractivity contribution is 0.194. The molecule has 16 heavy (non-hydrogen) atoms. The monoisotopic (exact) mass is 239 g/mol. The molecule has 0 radical (unpaired) electrons. The van der Waals surface area contributed by atoms with Crippen molar-refractivity contribution in [2.75, 3.05) is 0 Å². The van der Waals surface area contributed by atoms with E-state index in [0.29, 0.717) is 0 Å². The first-order valence-electron chi connectivity index (χ1n) is 5.78. The average molecular weight is 240 g/mol. The highest BCUT2D eigenvalue weighted by molar-refractivity contribution is 6.32. The predicted octanol–water partition coefficient (Wildman–Crippen LogP) is 3.52. The van der Waals surface area contributed by atoms with E-state index in [-0.39, 0.29) is 12.1 Å². The molecule has 2 rings (SSSR count). The number of hydrogen-bond donors (Lipinski definition) is 1. The minimum atomic E-state index is -0.0342. The Labute approximate surface area is 102 Å². The first-order chi connectivity index (χ1) is 7.56. The van der Waals surface area contributed by atoms with E-state index in [9.17, 15) is 0 Å². The molecule has 0 fully saturated rings. The van der Waals surface area contributed by atoms with Crippen LogP contribution in [0.5, 0.6) is 5.75 Å². The van der Waals surface area contributed by atoms with Crippen LogP contribution in [0.1, 0.15) is 42.5 Å². The van der Waals surface area contributed by atoms with Gasteiger partial charge >= 0.3 is 0 Å². The van der Waals surface area contributed by atoms with E-state index in [2.05, 4.69) is 6.92 Å². The lowest BCUT2D eigenvalue weighted by atomic mass is 9.96. The first-order valence-corrected chi connectivity index (χ1v) is 6.15. The van der Waals surface area contributed by atoms with Crippen molar-refractivity contribution in [1.82, 2.24) is 0 Å². The van der Waals surface area contributed by atoms with Crippen LogP contribution in [0.15, 0.2) is 6.07 Å². The van der Waals surface area contributed by atoms with Crippen LogP contribution in [-0.2, 0) is 0 Å². The molecule has 0 amide bonds. The number of benzene rings is 1. The summed E-state index contributed by atoms with van der Waals surface area (Å²) in [7, 11) is 0. The number of halogens is 1. The lowest BCUT2D eigenvalue weighted by Gasteiger charge is -2.14. The van der Waals surface area contributed by atoms with Crippen molar-refractivity contribution >= 4 is 11.6 Å². The van der Waals surface area contributed by atoms with Crippen molar-refractivity contribution in [3.8, 4) is 5.75 Å². The zero-order chi connectivity index (χ0) is 11.9. The van der Waals surface area contributed by atoms with Crippen molar-refractivity contribution < 1.29 is 4.74 Å². The van der Waals surface area contributed by atoms with Gasteiger partial charge in [-0.15, -0.1) is 0 Å². The molecule has 2 atom stereocenters. The molecule has 2 N–H and O–H groups in total. The molecule has 3 heteroatoms. The molecular weight excluding hydrogens is 222 g/mol.